The van der Waals surface area contributed by atoms with Crippen LogP contribution >= 0.6 is 0 Å². The Morgan fingerprint density at radius 3 is 2.76 bits per heavy atom. The highest BCUT2D eigenvalue weighted by atomic mass is 19.2. The molecule has 0 bridgehead atoms. The van der Waals surface area contributed by atoms with Gasteiger partial charge in [0.25, 0.3) is 11.5 Å². The van der Waals surface area contributed by atoms with Crippen LogP contribution < -0.4 is 10.9 Å². The molecule has 1 N–H and O–H groups in total. The number of carbonyl (C=O) groups excluding carboxylic acids is 1. The summed E-state index contributed by atoms with van der Waals surface area (Å²) in [5.74, 6) is -2.31. The first-order valence-corrected chi connectivity index (χ1v) is 9.30. The molecule has 2 aromatic heterocycles. The summed E-state index contributed by atoms with van der Waals surface area (Å²) >= 11 is 0. The van der Waals surface area contributed by atoms with Crippen molar-refractivity contribution in [2.24, 2.45) is 7.05 Å². The Labute approximate surface area is 165 Å². The minimum atomic E-state index is -0.980. The maximum absolute atomic E-state index is 13.5. The summed E-state index contributed by atoms with van der Waals surface area (Å²) in [5, 5.41) is 11.3. The molecule has 3 aromatic rings. The lowest BCUT2D eigenvalue weighted by atomic mass is 10.1. The summed E-state index contributed by atoms with van der Waals surface area (Å²) in [5.41, 5.74) is 2.76. The predicted octanol–water partition coefficient (Wildman–Crippen LogP) is 1.84. The average Bonchev–Trinajstić information content (AvgIpc) is 3.30. The van der Waals surface area contributed by atoms with Gasteiger partial charge in [0.15, 0.2) is 11.6 Å². The van der Waals surface area contributed by atoms with Gasteiger partial charge < -0.3 is 5.32 Å². The molecule has 4 rings (SSSR count). The number of aromatic nitrogens is 4. The van der Waals surface area contributed by atoms with Crippen LogP contribution in [0.2, 0.25) is 0 Å². The molecule has 0 fully saturated rings. The first-order chi connectivity index (χ1) is 13.9. The van der Waals surface area contributed by atoms with Gasteiger partial charge in [0, 0.05) is 25.2 Å². The Kier molecular flexibility index (Phi) is 4.96. The maximum Gasteiger partial charge on any atom is 0.269 e. The van der Waals surface area contributed by atoms with Crippen molar-refractivity contribution in [2.45, 2.75) is 25.8 Å². The Morgan fingerprint density at radius 2 is 1.97 bits per heavy atom. The highest BCUT2D eigenvalue weighted by molar-refractivity contribution is 5.93. The minimum absolute atomic E-state index is 0.180. The number of nitrogens with one attached hydrogen (secondary N) is 1. The topological polar surface area (TPSA) is 81.8 Å². The number of halogens is 2. The van der Waals surface area contributed by atoms with Gasteiger partial charge in [-0.25, -0.2) is 13.5 Å². The fourth-order valence-electron chi connectivity index (χ4n) is 3.44. The number of benzene rings is 1. The van der Waals surface area contributed by atoms with E-state index >= 15 is 0 Å². The lowest BCUT2D eigenvalue weighted by Gasteiger charge is -2.08. The van der Waals surface area contributed by atoms with Gasteiger partial charge in [0.1, 0.15) is 5.69 Å². The molecule has 0 spiro atoms. The van der Waals surface area contributed by atoms with Gasteiger partial charge >= 0.3 is 0 Å². The Bertz CT molecular complexity index is 1150. The number of aryl methyl sites for hydroxylation is 3. The van der Waals surface area contributed by atoms with Crippen molar-refractivity contribution < 1.29 is 13.6 Å². The first kappa shape index (κ1) is 19.0. The van der Waals surface area contributed by atoms with Crippen LogP contribution in [-0.2, 0) is 26.4 Å². The highest BCUT2D eigenvalue weighted by Gasteiger charge is 2.17. The van der Waals surface area contributed by atoms with Gasteiger partial charge in [-0.1, -0.05) is 0 Å². The third kappa shape index (κ3) is 3.80. The van der Waals surface area contributed by atoms with Crippen LogP contribution in [0.15, 0.2) is 35.1 Å². The Morgan fingerprint density at radius 1 is 1.14 bits per heavy atom. The quantitative estimate of drug-likeness (QED) is 0.710. The molecule has 1 aliphatic carbocycles. The number of carbonyl (C=O) groups is 1. The normalized spacial score (nSPS) is 12.8. The van der Waals surface area contributed by atoms with Crippen LogP contribution in [0.5, 0.6) is 0 Å². The molecule has 0 atom stereocenters. The first-order valence-electron chi connectivity index (χ1n) is 9.30. The smallest absolute Gasteiger partial charge is 0.269 e. The fourth-order valence-corrected chi connectivity index (χ4v) is 3.44. The van der Waals surface area contributed by atoms with Crippen LogP contribution in [0.3, 0.4) is 0 Å². The molecule has 150 valence electrons. The second-order valence-corrected chi connectivity index (χ2v) is 6.95. The second-order valence-electron chi connectivity index (χ2n) is 6.95. The standard InChI is InChI=1S/C20H19F2N5O2/c1-26-18(11-17(24-26)13-5-6-14(21)15(22)9-13)20(29)23-7-8-27-19(28)10-12-3-2-4-16(12)25-27/h5-6,9-11H,2-4,7-8H2,1H3,(H,23,29). The van der Waals surface area contributed by atoms with Gasteiger partial charge in [-0.2, -0.15) is 10.2 Å². The van der Waals surface area contributed by atoms with E-state index in [9.17, 15) is 18.4 Å². The summed E-state index contributed by atoms with van der Waals surface area (Å²) in [6.07, 6.45) is 2.75. The number of nitrogens with zero attached hydrogens (tertiary/aromatic N) is 4. The third-order valence-corrected chi connectivity index (χ3v) is 4.96. The zero-order chi connectivity index (χ0) is 20.5. The molecule has 0 saturated heterocycles. The molecule has 0 radical (unpaired) electrons. The van der Waals surface area contributed by atoms with Crippen molar-refractivity contribution in [1.29, 1.82) is 0 Å². The number of fused-ring (bicyclic) bond motifs is 1. The van der Waals surface area contributed by atoms with Crippen LogP contribution in [0.1, 0.15) is 28.2 Å². The summed E-state index contributed by atoms with van der Waals surface area (Å²) < 4.78 is 29.3. The van der Waals surface area contributed by atoms with E-state index in [0.29, 0.717) is 11.3 Å². The maximum atomic E-state index is 13.5. The summed E-state index contributed by atoms with van der Waals surface area (Å²) in [4.78, 5) is 24.6. The van der Waals surface area contributed by atoms with E-state index in [0.717, 1.165) is 42.7 Å². The summed E-state index contributed by atoms with van der Waals surface area (Å²) in [7, 11) is 1.59. The van der Waals surface area contributed by atoms with E-state index in [1.807, 2.05) is 0 Å². The van der Waals surface area contributed by atoms with E-state index in [1.165, 1.54) is 21.5 Å². The Hall–Kier alpha value is -3.36. The lowest BCUT2D eigenvalue weighted by Crippen LogP contribution is -2.33. The van der Waals surface area contributed by atoms with Crippen molar-refractivity contribution in [3.63, 3.8) is 0 Å². The molecule has 7 nitrogen and oxygen atoms in total. The van der Waals surface area contributed by atoms with E-state index in [4.69, 9.17) is 0 Å². The average molecular weight is 399 g/mol. The molecule has 0 saturated carbocycles. The monoisotopic (exact) mass is 399 g/mol. The van der Waals surface area contributed by atoms with E-state index in [2.05, 4.69) is 15.5 Å². The zero-order valence-corrected chi connectivity index (χ0v) is 15.8. The number of hydrogen-bond donors (Lipinski definition) is 1. The van der Waals surface area contributed by atoms with Crippen LogP contribution in [-0.4, -0.2) is 32.0 Å². The number of amides is 1. The van der Waals surface area contributed by atoms with Crippen molar-refractivity contribution in [2.75, 3.05) is 6.54 Å². The fraction of sp³-hybridized carbons (Fsp3) is 0.300. The largest absolute Gasteiger partial charge is 0.349 e. The van der Waals surface area contributed by atoms with Crippen LogP contribution in [0.4, 0.5) is 8.78 Å². The molecule has 1 amide bonds. The van der Waals surface area contributed by atoms with Crippen molar-refractivity contribution in [3.05, 3.63) is 69.3 Å². The molecule has 0 unspecified atom stereocenters. The molecule has 9 heteroatoms. The Balaban J connectivity index is 1.43. The molecular weight excluding hydrogens is 380 g/mol. The van der Waals surface area contributed by atoms with E-state index in [-0.39, 0.29) is 30.2 Å². The SMILES string of the molecule is Cn1nc(-c2ccc(F)c(F)c2)cc1C(=O)NCCn1nc2c(cc1=O)CCC2. The molecule has 0 aliphatic heterocycles. The molecular formula is C20H19F2N5O2. The van der Waals surface area contributed by atoms with Crippen molar-refractivity contribution in [3.8, 4) is 11.3 Å². The molecule has 29 heavy (non-hydrogen) atoms. The van der Waals surface area contributed by atoms with Gasteiger partial charge in [-0.15, -0.1) is 0 Å². The van der Waals surface area contributed by atoms with Crippen LogP contribution in [0.25, 0.3) is 11.3 Å². The predicted molar refractivity (Wildman–Crippen MR) is 101 cm³/mol. The molecule has 1 aromatic carbocycles. The van der Waals surface area contributed by atoms with E-state index in [1.54, 1.807) is 13.1 Å². The van der Waals surface area contributed by atoms with Gasteiger partial charge in [0.05, 0.1) is 17.9 Å². The zero-order valence-electron chi connectivity index (χ0n) is 15.8. The molecule has 2 heterocycles. The minimum Gasteiger partial charge on any atom is -0.349 e. The highest BCUT2D eigenvalue weighted by Crippen LogP contribution is 2.21. The summed E-state index contributed by atoms with van der Waals surface area (Å²) in [6.45, 7) is 0.474. The van der Waals surface area contributed by atoms with Crippen molar-refractivity contribution in [1.82, 2.24) is 24.9 Å². The van der Waals surface area contributed by atoms with Crippen molar-refractivity contribution >= 4 is 5.91 Å². The third-order valence-electron chi connectivity index (χ3n) is 4.96. The van der Waals surface area contributed by atoms with Gasteiger partial charge in [0.2, 0.25) is 0 Å². The van der Waals surface area contributed by atoms with Gasteiger partial charge in [-0.05, 0) is 49.1 Å². The van der Waals surface area contributed by atoms with Gasteiger partial charge in [-0.3, -0.25) is 14.3 Å². The van der Waals surface area contributed by atoms with Crippen LogP contribution in [0, 0.1) is 11.6 Å². The second kappa shape index (κ2) is 7.57. The molecule has 1 aliphatic rings. The number of hydrogen-bond acceptors (Lipinski definition) is 4. The lowest BCUT2D eigenvalue weighted by molar-refractivity contribution is 0.0942. The number of rotatable bonds is 5. The summed E-state index contributed by atoms with van der Waals surface area (Å²) in [6, 6.07) is 6.56. The van der Waals surface area contributed by atoms with E-state index < -0.39 is 11.6 Å².